The van der Waals surface area contributed by atoms with Gasteiger partial charge in [-0.1, -0.05) is 42.1 Å². The van der Waals surface area contributed by atoms with Crippen molar-refractivity contribution in [2.45, 2.75) is 62.7 Å². The molecule has 1 N–H and O–H groups in total. The summed E-state index contributed by atoms with van der Waals surface area (Å²) in [5, 5.41) is 11.1. The number of rotatable bonds is 8. The van der Waals surface area contributed by atoms with Crippen LogP contribution >= 0.6 is 11.8 Å². The van der Waals surface area contributed by atoms with Gasteiger partial charge in [-0.15, -0.1) is 0 Å². The predicted octanol–water partition coefficient (Wildman–Crippen LogP) is 2.44. The Morgan fingerprint density at radius 3 is 2.23 bits per heavy atom. The van der Waals surface area contributed by atoms with Crippen LogP contribution in [0.5, 0.6) is 5.88 Å². The number of hydrogen-bond donors (Lipinski definition) is 1. The zero-order valence-electron chi connectivity index (χ0n) is 24.0. The van der Waals surface area contributed by atoms with E-state index in [1.165, 1.54) is 30.7 Å². The van der Waals surface area contributed by atoms with E-state index in [1.54, 1.807) is 18.2 Å². The van der Waals surface area contributed by atoms with Crippen LogP contribution in [0, 0.1) is 0 Å². The first-order valence-corrected chi connectivity index (χ1v) is 14.0. The Labute approximate surface area is 250 Å². The van der Waals surface area contributed by atoms with E-state index in [2.05, 4.69) is 4.98 Å². The Morgan fingerprint density at radius 2 is 1.58 bits per heavy atom. The van der Waals surface area contributed by atoms with Crippen LogP contribution in [0.4, 0.5) is 0 Å². The van der Waals surface area contributed by atoms with Crippen molar-refractivity contribution < 1.29 is 52.8 Å². The van der Waals surface area contributed by atoms with Gasteiger partial charge in [0.05, 0.1) is 0 Å². The van der Waals surface area contributed by atoms with E-state index < -0.39 is 53.7 Å². The number of allylic oxidation sites excluding steroid dienone is 2. The van der Waals surface area contributed by atoms with Gasteiger partial charge in [-0.2, -0.15) is 0 Å². The molecule has 2 aliphatic rings. The fourth-order valence-electron chi connectivity index (χ4n) is 4.64. The van der Waals surface area contributed by atoms with E-state index in [-0.39, 0.29) is 29.1 Å². The monoisotopic (exact) mass is 614 g/mol. The molecule has 1 aliphatic heterocycles. The number of nitrogens with zero attached hydrogens (tertiary/aromatic N) is 2. The van der Waals surface area contributed by atoms with E-state index in [1.807, 2.05) is 12.1 Å². The molecule has 0 bridgehead atoms. The number of ether oxygens (including phenoxy) is 5. The summed E-state index contributed by atoms with van der Waals surface area (Å²) in [7, 11) is 1.52. The highest BCUT2D eigenvalue weighted by Gasteiger charge is 2.53. The Morgan fingerprint density at radius 1 is 0.953 bits per heavy atom. The molecule has 0 saturated carbocycles. The molecule has 1 saturated heterocycles. The molecule has 2 aromatic rings. The summed E-state index contributed by atoms with van der Waals surface area (Å²) in [6.45, 7) is 4.20. The molecule has 4 rings (SSSR count). The lowest BCUT2D eigenvalue weighted by Gasteiger charge is -2.43. The topological polar surface area (TPSA) is 170 Å². The third-order valence-corrected chi connectivity index (χ3v) is 7.62. The number of aromatic nitrogens is 2. The standard InChI is InChI=1S/C29H30N2O11S/c1-14(32)38-13-23-24(39-15(2)33)25(40-16(3)34)26(41-17(4)35)28(42-23)43-29-30-21(27(37)31(29)5)12-20-19-9-7-6-8-18(19)10-11-22(20)36/h6-12,23-26,28,37H,13H2,1-5H3/b20-12-/t23-,24-,25+,26-,28+/m1/s1. The van der Waals surface area contributed by atoms with Crippen molar-refractivity contribution in [1.82, 2.24) is 9.55 Å². The van der Waals surface area contributed by atoms with Crippen LogP contribution in [-0.4, -0.2) is 80.8 Å². The molecule has 43 heavy (non-hydrogen) atoms. The van der Waals surface area contributed by atoms with Gasteiger partial charge in [0.25, 0.3) is 0 Å². The first-order chi connectivity index (χ1) is 20.3. The van der Waals surface area contributed by atoms with Gasteiger partial charge in [-0.25, -0.2) is 4.98 Å². The van der Waals surface area contributed by atoms with Gasteiger partial charge < -0.3 is 28.8 Å². The quantitative estimate of drug-likeness (QED) is 0.262. The van der Waals surface area contributed by atoms with Gasteiger partial charge in [-0.05, 0) is 23.3 Å². The Balaban J connectivity index is 1.73. The second-order valence-electron chi connectivity index (χ2n) is 9.69. The van der Waals surface area contributed by atoms with Crippen LogP contribution in [0.25, 0.3) is 17.7 Å². The zero-order valence-corrected chi connectivity index (χ0v) is 24.8. The van der Waals surface area contributed by atoms with Crippen molar-refractivity contribution >= 4 is 59.1 Å². The first kappa shape index (κ1) is 31.5. The molecule has 2 heterocycles. The SMILES string of the molecule is CC(=O)OC[C@H]1O[C@@H](Sc2nc(/C=C3\C(=O)C=Cc4ccccc43)c(O)n2C)[C@H](OC(C)=O)[C@@H](OC(C)=O)[C@@H]1OC(C)=O. The normalized spacial score (nSPS) is 23.8. The number of hydrogen-bond acceptors (Lipinski definition) is 13. The maximum absolute atomic E-state index is 12.7. The number of carbonyl (C=O) groups excluding carboxylic acids is 5. The molecule has 14 heteroatoms. The maximum atomic E-state index is 12.7. The van der Waals surface area contributed by atoms with Crippen LogP contribution in [0.15, 0.2) is 35.5 Å². The minimum Gasteiger partial charge on any atom is -0.493 e. The first-order valence-electron chi connectivity index (χ1n) is 13.1. The number of thioether (sulfide) groups is 1. The average molecular weight is 615 g/mol. The second-order valence-corrected chi connectivity index (χ2v) is 10.8. The third kappa shape index (κ3) is 7.32. The average Bonchev–Trinajstić information content (AvgIpc) is 3.19. The number of benzene rings is 1. The summed E-state index contributed by atoms with van der Waals surface area (Å²) in [5.41, 5.74) is 0.769. The zero-order chi connectivity index (χ0) is 31.4. The van der Waals surface area contributed by atoms with Gasteiger partial charge in [0.15, 0.2) is 34.7 Å². The van der Waals surface area contributed by atoms with Crippen LogP contribution in [0.1, 0.15) is 44.5 Å². The molecule has 1 aliphatic carbocycles. The summed E-state index contributed by atoms with van der Waals surface area (Å²) in [6.07, 6.45) is -0.502. The fourth-order valence-corrected chi connectivity index (χ4v) is 5.79. The summed E-state index contributed by atoms with van der Waals surface area (Å²) < 4.78 is 28.9. The number of carbonyl (C=O) groups is 5. The van der Waals surface area contributed by atoms with E-state index in [4.69, 9.17) is 23.7 Å². The van der Waals surface area contributed by atoms with Gasteiger partial charge >= 0.3 is 23.9 Å². The molecule has 0 radical (unpaired) electrons. The third-order valence-electron chi connectivity index (χ3n) is 6.43. The predicted molar refractivity (Wildman–Crippen MR) is 151 cm³/mol. The Kier molecular flexibility index (Phi) is 9.71. The molecule has 5 atom stereocenters. The lowest BCUT2D eigenvalue weighted by atomic mass is 9.91. The lowest BCUT2D eigenvalue weighted by molar-refractivity contribution is -0.237. The molecule has 0 spiro atoms. The molecule has 13 nitrogen and oxygen atoms in total. The number of fused-ring (bicyclic) bond motifs is 1. The summed E-state index contributed by atoms with van der Waals surface area (Å²) in [5.74, 6) is -3.41. The molecule has 0 amide bonds. The highest BCUT2D eigenvalue weighted by atomic mass is 32.2. The second kappa shape index (κ2) is 13.3. The molecular formula is C29H30N2O11S. The number of esters is 4. The van der Waals surface area contributed by atoms with E-state index in [0.717, 1.165) is 38.1 Å². The van der Waals surface area contributed by atoms with Crippen molar-refractivity contribution in [2.24, 2.45) is 7.05 Å². The number of imidazole rings is 1. The van der Waals surface area contributed by atoms with Gasteiger partial charge in [-0.3, -0.25) is 28.5 Å². The fraction of sp³-hybridized carbons (Fsp3) is 0.379. The van der Waals surface area contributed by atoms with E-state index >= 15 is 0 Å². The maximum Gasteiger partial charge on any atom is 0.303 e. The van der Waals surface area contributed by atoms with Crippen molar-refractivity contribution in [1.29, 1.82) is 0 Å². The van der Waals surface area contributed by atoms with Crippen LogP contribution in [0.3, 0.4) is 0 Å². The van der Waals surface area contributed by atoms with Crippen LogP contribution in [-0.2, 0) is 54.7 Å². The van der Waals surface area contributed by atoms with Crippen LogP contribution < -0.4 is 0 Å². The molecular weight excluding hydrogens is 584 g/mol. The minimum absolute atomic E-state index is 0.0871. The van der Waals surface area contributed by atoms with Gasteiger partial charge in [0, 0.05) is 40.3 Å². The van der Waals surface area contributed by atoms with Crippen molar-refractivity contribution in [3.05, 3.63) is 47.2 Å². The molecule has 0 unspecified atom stereocenters. The summed E-state index contributed by atoms with van der Waals surface area (Å²) in [6, 6.07) is 7.28. The molecule has 228 valence electrons. The van der Waals surface area contributed by atoms with Crippen molar-refractivity contribution in [2.75, 3.05) is 6.61 Å². The van der Waals surface area contributed by atoms with Gasteiger partial charge in [0.2, 0.25) is 5.88 Å². The highest BCUT2D eigenvalue weighted by molar-refractivity contribution is 7.99. The molecule has 1 aromatic heterocycles. The summed E-state index contributed by atoms with van der Waals surface area (Å²) >= 11 is 0.906. The van der Waals surface area contributed by atoms with E-state index in [0.29, 0.717) is 11.1 Å². The molecule has 1 aromatic carbocycles. The van der Waals surface area contributed by atoms with Crippen molar-refractivity contribution in [3.63, 3.8) is 0 Å². The van der Waals surface area contributed by atoms with Crippen molar-refractivity contribution in [3.8, 4) is 5.88 Å². The Bertz CT molecular complexity index is 1510. The van der Waals surface area contributed by atoms with E-state index in [9.17, 15) is 29.1 Å². The minimum atomic E-state index is -1.35. The lowest BCUT2D eigenvalue weighted by Crippen LogP contribution is -2.61. The molecule has 1 fully saturated rings. The summed E-state index contributed by atoms with van der Waals surface area (Å²) in [4.78, 5) is 65.0. The Hall–Kier alpha value is -4.43. The number of aromatic hydroxyl groups is 1. The highest BCUT2D eigenvalue weighted by Crippen LogP contribution is 2.39. The largest absolute Gasteiger partial charge is 0.493 e. The number of ketones is 1. The smallest absolute Gasteiger partial charge is 0.303 e. The van der Waals surface area contributed by atoms with Crippen LogP contribution in [0.2, 0.25) is 0 Å². The van der Waals surface area contributed by atoms with Gasteiger partial charge in [0.1, 0.15) is 18.4 Å².